The minimum absolute atomic E-state index is 0. The molecule has 172 valence electrons. The quantitative estimate of drug-likeness (QED) is 0.197. The highest BCUT2D eigenvalue weighted by Gasteiger charge is 2.44. The molecule has 0 fully saturated rings. The van der Waals surface area contributed by atoms with Gasteiger partial charge in [0.05, 0.1) is 0 Å². The van der Waals surface area contributed by atoms with Crippen molar-refractivity contribution in [1.29, 1.82) is 0 Å². The number of hydrogen-bond donors (Lipinski definition) is 1. The summed E-state index contributed by atoms with van der Waals surface area (Å²) in [4.78, 5) is 16.4. The van der Waals surface area contributed by atoms with Crippen molar-refractivity contribution in [2.75, 3.05) is 26.2 Å². The summed E-state index contributed by atoms with van der Waals surface area (Å²) in [5.74, 6) is -0.824. The van der Waals surface area contributed by atoms with Gasteiger partial charge in [-0.2, -0.15) is 0 Å². The highest BCUT2D eigenvalue weighted by molar-refractivity contribution is 5.85. The van der Waals surface area contributed by atoms with Gasteiger partial charge in [-0.05, 0) is 32.1 Å². The van der Waals surface area contributed by atoms with Crippen LogP contribution in [0.2, 0.25) is 0 Å². The maximum Gasteiger partial charge on any atom is 0.508 e. The molecule has 0 aliphatic carbocycles. The summed E-state index contributed by atoms with van der Waals surface area (Å²) in [6.45, 7) is 14.4. The first kappa shape index (κ1) is 32.4. The molecule has 0 aromatic rings. The number of halogens is 2. The van der Waals surface area contributed by atoms with Crippen LogP contribution in [0.25, 0.3) is 0 Å². The zero-order chi connectivity index (χ0) is 19.8. The van der Waals surface area contributed by atoms with Gasteiger partial charge in [0.15, 0.2) is 0 Å². The largest absolute Gasteiger partial charge is 0.508 e. The lowest BCUT2D eigenvalue weighted by molar-refractivity contribution is -0.229. The summed E-state index contributed by atoms with van der Waals surface area (Å²) in [5.41, 5.74) is 0. The summed E-state index contributed by atoms with van der Waals surface area (Å²) in [6, 6.07) is 0. The topological polar surface area (TPSA) is 53.0 Å². The molecule has 0 radical (unpaired) electrons. The molecule has 0 aliphatic rings. The van der Waals surface area contributed by atoms with E-state index in [2.05, 4.69) is 44.4 Å². The van der Waals surface area contributed by atoms with Crippen molar-refractivity contribution in [2.45, 2.75) is 105 Å². The van der Waals surface area contributed by atoms with Crippen molar-refractivity contribution in [2.24, 2.45) is 0 Å². The van der Waals surface area contributed by atoms with Crippen LogP contribution in [0, 0.1) is 0 Å². The smallest absolute Gasteiger partial charge is 0.450 e. The fraction of sp³-hybridized carbons (Fsp3) is 0.952. The third-order valence-electron chi connectivity index (χ3n) is 4.94. The second-order valence-electron chi connectivity index (χ2n) is 7.25. The van der Waals surface area contributed by atoms with Gasteiger partial charge in [0.25, 0.3) is 0 Å². The van der Waals surface area contributed by atoms with Gasteiger partial charge in [-0.25, -0.2) is 4.79 Å². The van der Waals surface area contributed by atoms with E-state index in [1.165, 1.54) is 0 Å². The molecule has 0 saturated heterocycles. The molecular formula is C21H46Cl2N2O3. The van der Waals surface area contributed by atoms with Gasteiger partial charge in [-0.1, -0.05) is 60.3 Å². The number of hydrogen-bond acceptors (Lipinski definition) is 4. The first-order valence-electron chi connectivity index (χ1n) is 10.9. The second-order valence-corrected chi connectivity index (χ2v) is 7.25. The fourth-order valence-electron chi connectivity index (χ4n) is 3.48. The molecule has 1 N–H and O–H groups in total. The third-order valence-corrected chi connectivity index (χ3v) is 4.94. The van der Waals surface area contributed by atoms with E-state index in [4.69, 9.17) is 4.74 Å². The Morgan fingerprint density at radius 3 is 1.25 bits per heavy atom. The average Bonchev–Trinajstić information content (AvgIpc) is 2.61. The van der Waals surface area contributed by atoms with Crippen LogP contribution in [-0.4, -0.2) is 53.1 Å². The lowest BCUT2D eigenvalue weighted by Gasteiger charge is -2.49. The summed E-state index contributed by atoms with van der Waals surface area (Å²) >= 11 is 0. The predicted octanol–water partition coefficient (Wildman–Crippen LogP) is 6.78. The molecule has 0 amide bonds. The van der Waals surface area contributed by atoms with Gasteiger partial charge >= 0.3 is 6.16 Å². The van der Waals surface area contributed by atoms with E-state index >= 15 is 0 Å². The highest BCUT2D eigenvalue weighted by Crippen LogP contribution is 2.30. The summed E-state index contributed by atoms with van der Waals surface area (Å²) < 4.78 is 5.76. The molecular weight excluding hydrogens is 399 g/mol. The number of rotatable bonds is 17. The molecule has 0 aromatic heterocycles. The Kier molecular flexibility index (Phi) is 23.2. The van der Waals surface area contributed by atoms with E-state index in [9.17, 15) is 9.90 Å². The van der Waals surface area contributed by atoms with Gasteiger partial charge in [0.2, 0.25) is 5.85 Å². The van der Waals surface area contributed by atoms with Crippen molar-refractivity contribution in [1.82, 2.24) is 9.80 Å². The van der Waals surface area contributed by atoms with E-state index in [1.54, 1.807) is 0 Å². The van der Waals surface area contributed by atoms with Crippen LogP contribution >= 0.6 is 24.8 Å². The van der Waals surface area contributed by atoms with Gasteiger partial charge in [-0.3, -0.25) is 9.80 Å². The Hall–Kier alpha value is -0.230. The molecule has 0 unspecified atom stereocenters. The molecule has 0 aromatic carbocycles. The number of carboxylic acid groups (broad SMARTS) is 1. The Morgan fingerprint density at radius 2 is 1.04 bits per heavy atom. The number of nitrogens with zero attached hydrogens (tertiary/aromatic N) is 2. The van der Waals surface area contributed by atoms with Crippen LogP contribution in [0.1, 0.15) is 98.8 Å². The zero-order valence-electron chi connectivity index (χ0n) is 18.9. The predicted molar refractivity (Wildman–Crippen MR) is 124 cm³/mol. The maximum atomic E-state index is 11.7. The van der Waals surface area contributed by atoms with Crippen molar-refractivity contribution < 1.29 is 14.6 Å². The zero-order valence-corrected chi connectivity index (χ0v) is 20.5. The second kappa shape index (κ2) is 20.1. The van der Waals surface area contributed by atoms with Crippen molar-refractivity contribution in [3.05, 3.63) is 0 Å². The maximum absolute atomic E-state index is 11.7. The van der Waals surface area contributed by atoms with E-state index in [0.29, 0.717) is 0 Å². The molecule has 0 saturated carbocycles. The summed E-state index contributed by atoms with van der Waals surface area (Å²) in [7, 11) is 0. The van der Waals surface area contributed by atoms with Crippen molar-refractivity contribution in [3.8, 4) is 0 Å². The van der Waals surface area contributed by atoms with E-state index in [-0.39, 0.29) is 24.8 Å². The number of ether oxygens (including phenoxy) is 1. The lowest BCUT2D eigenvalue weighted by Crippen LogP contribution is -2.64. The van der Waals surface area contributed by atoms with Crippen LogP contribution in [0.4, 0.5) is 4.79 Å². The molecule has 0 atom stereocenters. The van der Waals surface area contributed by atoms with E-state index in [1.807, 2.05) is 0 Å². The van der Waals surface area contributed by atoms with E-state index in [0.717, 1.165) is 90.4 Å². The van der Waals surface area contributed by atoms with Crippen LogP contribution in [-0.2, 0) is 4.74 Å². The first-order chi connectivity index (χ1) is 12.5. The highest BCUT2D eigenvalue weighted by atomic mass is 35.5. The van der Waals surface area contributed by atoms with Crippen LogP contribution in [0.3, 0.4) is 0 Å². The number of unbranched alkanes of at least 4 members (excludes halogenated alkanes) is 4. The molecule has 0 spiro atoms. The Bertz CT molecular complexity index is 325. The molecule has 0 aliphatic heterocycles. The summed E-state index contributed by atoms with van der Waals surface area (Å²) in [6.07, 6.45) is 9.11. The minimum atomic E-state index is -1.16. The van der Waals surface area contributed by atoms with Crippen LogP contribution < -0.4 is 0 Å². The summed E-state index contributed by atoms with van der Waals surface area (Å²) in [5, 5.41) is 9.60. The third kappa shape index (κ3) is 11.7. The Balaban J connectivity index is -0.00000312. The van der Waals surface area contributed by atoms with Crippen molar-refractivity contribution >= 4 is 31.0 Å². The molecule has 0 bridgehead atoms. The molecule has 0 rings (SSSR count). The monoisotopic (exact) mass is 444 g/mol. The van der Waals surface area contributed by atoms with Gasteiger partial charge in [0.1, 0.15) is 0 Å². The molecule has 0 heterocycles. The standard InChI is InChI=1S/C21H44N2O3.2ClH/c1-6-11-16-22(17-12-7-2)21(15-10-5,26-20(24)25)23(18-13-8-3)19-14-9-4;;/h6-19H2,1-5H3,(H,24,25);2*1H. The van der Waals surface area contributed by atoms with Crippen molar-refractivity contribution in [3.63, 3.8) is 0 Å². The fourth-order valence-corrected chi connectivity index (χ4v) is 3.48. The SMILES string of the molecule is CCCCN(CCCC)C(CCC)(OC(=O)O)N(CCCC)CCCC.Cl.Cl. The lowest BCUT2D eigenvalue weighted by atomic mass is 10.1. The molecule has 5 nitrogen and oxygen atoms in total. The van der Waals surface area contributed by atoms with Gasteiger partial charge < -0.3 is 9.84 Å². The van der Waals surface area contributed by atoms with Crippen LogP contribution in [0.5, 0.6) is 0 Å². The molecule has 28 heavy (non-hydrogen) atoms. The van der Waals surface area contributed by atoms with Crippen LogP contribution in [0.15, 0.2) is 0 Å². The van der Waals surface area contributed by atoms with E-state index < -0.39 is 12.0 Å². The Labute approximate surface area is 186 Å². The van der Waals surface area contributed by atoms with Gasteiger partial charge in [-0.15, -0.1) is 24.8 Å². The van der Waals surface area contributed by atoms with Gasteiger partial charge in [0, 0.05) is 32.6 Å². The molecule has 7 heteroatoms. The minimum Gasteiger partial charge on any atom is -0.450 e. The average molecular weight is 446 g/mol. The Morgan fingerprint density at radius 1 is 0.714 bits per heavy atom. The number of carbonyl (C=O) groups is 1. The normalized spacial score (nSPS) is 11.2. The first-order valence-corrected chi connectivity index (χ1v) is 10.9.